The predicted octanol–water partition coefficient (Wildman–Crippen LogP) is 4.36. The molecule has 2 aromatic rings. The molecule has 19 heavy (non-hydrogen) atoms. The number of carbonyl (C=O) groups is 1. The lowest BCUT2D eigenvalue weighted by Gasteiger charge is -2.00. The quantitative estimate of drug-likeness (QED) is 0.674. The maximum atomic E-state index is 12.0. The third kappa shape index (κ3) is 3.55. The molecule has 96 valence electrons. The lowest BCUT2D eigenvalue weighted by molar-refractivity contribution is 0.104. The van der Waals surface area contributed by atoms with Crippen LogP contribution in [0.3, 0.4) is 0 Å². The van der Waals surface area contributed by atoms with E-state index in [0.717, 1.165) is 10.0 Å². The molecule has 0 aliphatic rings. The van der Waals surface area contributed by atoms with Crippen LogP contribution in [0.5, 0.6) is 5.75 Å². The van der Waals surface area contributed by atoms with Gasteiger partial charge in [0, 0.05) is 15.6 Å². The van der Waals surface area contributed by atoms with Crippen molar-refractivity contribution in [1.82, 2.24) is 0 Å². The molecule has 0 saturated carbocycles. The van der Waals surface area contributed by atoms with Crippen molar-refractivity contribution < 1.29 is 9.90 Å². The number of benzene rings is 2. The number of allylic oxidation sites excluding steroid dienone is 1. The van der Waals surface area contributed by atoms with Gasteiger partial charge in [0.15, 0.2) is 5.78 Å². The molecule has 2 rings (SSSR count). The van der Waals surface area contributed by atoms with Crippen LogP contribution in [-0.4, -0.2) is 10.9 Å². The van der Waals surface area contributed by atoms with E-state index in [1.165, 1.54) is 6.08 Å². The molecule has 0 unspecified atom stereocenters. The monoisotopic (exact) mass is 316 g/mol. The second-order valence-corrected chi connectivity index (χ2v) is 5.19. The summed E-state index contributed by atoms with van der Waals surface area (Å²) in [5.74, 6) is 0.0690. The average Bonchev–Trinajstić information content (AvgIpc) is 2.39. The molecule has 0 radical (unpaired) electrons. The van der Waals surface area contributed by atoms with E-state index in [2.05, 4.69) is 15.9 Å². The number of phenols is 1. The molecule has 0 aromatic heterocycles. The Hall–Kier alpha value is -1.87. The number of ketones is 1. The first-order valence-electron chi connectivity index (χ1n) is 5.84. The van der Waals surface area contributed by atoms with Crippen molar-refractivity contribution in [1.29, 1.82) is 0 Å². The maximum absolute atomic E-state index is 12.0. The Labute approximate surface area is 120 Å². The van der Waals surface area contributed by atoms with E-state index >= 15 is 0 Å². The van der Waals surface area contributed by atoms with Crippen LogP contribution in [0.4, 0.5) is 0 Å². The second kappa shape index (κ2) is 5.85. The lowest BCUT2D eigenvalue weighted by atomic mass is 10.1. The third-order valence-corrected chi connectivity index (χ3v) is 3.20. The van der Waals surface area contributed by atoms with Crippen LogP contribution >= 0.6 is 15.9 Å². The molecule has 0 heterocycles. The number of hydrogen-bond donors (Lipinski definition) is 1. The first-order valence-corrected chi connectivity index (χ1v) is 6.63. The smallest absolute Gasteiger partial charge is 0.185 e. The normalized spacial score (nSPS) is 10.8. The number of rotatable bonds is 3. The second-order valence-electron chi connectivity index (χ2n) is 4.27. The zero-order valence-electron chi connectivity index (χ0n) is 10.4. The molecule has 0 aliphatic heterocycles. The Morgan fingerprint density at radius 1 is 1.21 bits per heavy atom. The molecule has 0 fully saturated rings. The summed E-state index contributed by atoms with van der Waals surface area (Å²) < 4.78 is 0.855. The van der Waals surface area contributed by atoms with Gasteiger partial charge in [-0.05, 0) is 43.3 Å². The van der Waals surface area contributed by atoms with E-state index in [4.69, 9.17) is 0 Å². The number of carbonyl (C=O) groups excluding carboxylic acids is 1. The number of halogens is 1. The Morgan fingerprint density at radius 3 is 2.74 bits per heavy atom. The summed E-state index contributed by atoms with van der Waals surface area (Å²) in [6.45, 7) is 1.95. The molecule has 0 saturated heterocycles. The van der Waals surface area contributed by atoms with Gasteiger partial charge in [0.1, 0.15) is 5.75 Å². The van der Waals surface area contributed by atoms with Gasteiger partial charge in [-0.25, -0.2) is 0 Å². The van der Waals surface area contributed by atoms with Gasteiger partial charge < -0.3 is 5.11 Å². The van der Waals surface area contributed by atoms with Gasteiger partial charge in [-0.15, -0.1) is 0 Å². The fourth-order valence-corrected chi connectivity index (χ4v) is 2.10. The molecule has 0 spiro atoms. The van der Waals surface area contributed by atoms with Crippen LogP contribution in [0, 0.1) is 6.92 Å². The van der Waals surface area contributed by atoms with Gasteiger partial charge in [0.2, 0.25) is 0 Å². The van der Waals surface area contributed by atoms with Crippen molar-refractivity contribution in [3.05, 3.63) is 69.7 Å². The third-order valence-electron chi connectivity index (χ3n) is 2.71. The number of phenolic OH excluding ortho intramolecular Hbond substituents is 1. The number of aromatic hydroxyl groups is 1. The van der Waals surface area contributed by atoms with E-state index in [1.54, 1.807) is 30.3 Å². The fraction of sp³-hybridized carbons (Fsp3) is 0.0625. The summed E-state index contributed by atoms with van der Waals surface area (Å²) in [5.41, 5.74) is 2.30. The molecule has 0 amide bonds. The van der Waals surface area contributed by atoms with Crippen LogP contribution in [0.15, 0.2) is 53.0 Å². The van der Waals surface area contributed by atoms with Crippen molar-refractivity contribution in [2.75, 3.05) is 0 Å². The van der Waals surface area contributed by atoms with Gasteiger partial charge >= 0.3 is 0 Å². The van der Waals surface area contributed by atoms with Crippen molar-refractivity contribution in [2.24, 2.45) is 0 Å². The van der Waals surface area contributed by atoms with Crippen LogP contribution in [0.2, 0.25) is 0 Å². The zero-order valence-corrected chi connectivity index (χ0v) is 12.0. The standard InChI is InChI=1S/C16H13BrO2/c1-11-3-2-4-12(9-11)15(18)7-5-13-10-14(17)6-8-16(13)19/h2-10,19H,1H3/b7-5+. The lowest BCUT2D eigenvalue weighted by Crippen LogP contribution is -1.94. The summed E-state index contributed by atoms with van der Waals surface area (Å²) >= 11 is 3.33. The van der Waals surface area contributed by atoms with Gasteiger partial charge in [0.05, 0.1) is 0 Å². The highest BCUT2D eigenvalue weighted by atomic mass is 79.9. The highest BCUT2D eigenvalue weighted by molar-refractivity contribution is 9.10. The number of hydrogen-bond acceptors (Lipinski definition) is 2. The predicted molar refractivity (Wildman–Crippen MR) is 80.4 cm³/mol. The summed E-state index contributed by atoms with van der Waals surface area (Å²) in [6, 6.07) is 12.5. The average molecular weight is 317 g/mol. The van der Waals surface area contributed by atoms with E-state index < -0.39 is 0 Å². The van der Waals surface area contributed by atoms with Gasteiger partial charge in [-0.3, -0.25) is 4.79 Å². The molecule has 3 heteroatoms. The molecule has 0 atom stereocenters. The maximum Gasteiger partial charge on any atom is 0.185 e. The Kier molecular flexibility index (Phi) is 4.17. The van der Waals surface area contributed by atoms with Gasteiger partial charge in [-0.1, -0.05) is 39.7 Å². The van der Waals surface area contributed by atoms with E-state index in [9.17, 15) is 9.90 Å². The topological polar surface area (TPSA) is 37.3 Å². The van der Waals surface area contributed by atoms with Crippen molar-refractivity contribution in [2.45, 2.75) is 6.92 Å². The van der Waals surface area contributed by atoms with Crippen molar-refractivity contribution in [3.63, 3.8) is 0 Å². The fourth-order valence-electron chi connectivity index (χ4n) is 1.72. The SMILES string of the molecule is Cc1cccc(C(=O)/C=C/c2cc(Br)ccc2O)c1. The minimum absolute atomic E-state index is 0.0805. The Morgan fingerprint density at radius 2 is 2.00 bits per heavy atom. The molecular formula is C16H13BrO2. The van der Waals surface area contributed by atoms with Crippen molar-refractivity contribution in [3.8, 4) is 5.75 Å². The van der Waals surface area contributed by atoms with E-state index in [1.807, 2.05) is 25.1 Å². The minimum Gasteiger partial charge on any atom is -0.507 e. The molecule has 0 bridgehead atoms. The van der Waals surface area contributed by atoms with Gasteiger partial charge in [-0.2, -0.15) is 0 Å². The molecular weight excluding hydrogens is 304 g/mol. The molecule has 2 aromatic carbocycles. The Bertz CT molecular complexity index is 645. The van der Waals surface area contributed by atoms with E-state index in [0.29, 0.717) is 11.1 Å². The summed E-state index contributed by atoms with van der Waals surface area (Å²) in [7, 11) is 0. The first-order chi connectivity index (χ1) is 9.06. The molecule has 2 nitrogen and oxygen atoms in total. The number of aryl methyl sites for hydroxylation is 1. The first kappa shape index (κ1) is 13.6. The molecule has 0 aliphatic carbocycles. The highest BCUT2D eigenvalue weighted by Gasteiger charge is 2.03. The van der Waals surface area contributed by atoms with Gasteiger partial charge in [0.25, 0.3) is 0 Å². The zero-order chi connectivity index (χ0) is 13.8. The van der Waals surface area contributed by atoms with Crippen molar-refractivity contribution >= 4 is 27.8 Å². The van der Waals surface area contributed by atoms with Crippen LogP contribution in [0.25, 0.3) is 6.08 Å². The highest BCUT2D eigenvalue weighted by Crippen LogP contribution is 2.23. The van der Waals surface area contributed by atoms with E-state index in [-0.39, 0.29) is 11.5 Å². The molecule has 1 N–H and O–H groups in total. The summed E-state index contributed by atoms with van der Waals surface area (Å²) in [6.07, 6.45) is 3.08. The summed E-state index contributed by atoms with van der Waals surface area (Å²) in [5, 5.41) is 9.68. The van der Waals surface area contributed by atoms with Crippen LogP contribution in [-0.2, 0) is 0 Å². The Balaban J connectivity index is 2.23. The largest absolute Gasteiger partial charge is 0.507 e. The summed E-state index contributed by atoms with van der Waals surface area (Å²) in [4.78, 5) is 12.0. The van der Waals surface area contributed by atoms with Crippen LogP contribution < -0.4 is 0 Å². The minimum atomic E-state index is -0.0805. The van der Waals surface area contributed by atoms with Crippen LogP contribution in [0.1, 0.15) is 21.5 Å².